The number of rotatable bonds is 7. The molecule has 4 rings (SSSR count). The van der Waals surface area contributed by atoms with Crippen LogP contribution in [0.5, 0.6) is 0 Å². The van der Waals surface area contributed by atoms with Crippen LogP contribution in [0.15, 0.2) is 54.7 Å². The third-order valence-electron chi connectivity index (χ3n) is 6.33. The van der Waals surface area contributed by atoms with Crippen molar-refractivity contribution in [3.05, 3.63) is 82.8 Å². The van der Waals surface area contributed by atoms with Gasteiger partial charge in [-0.25, -0.2) is 0 Å². The van der Waals surface area contributed by atoms with Crippen molar-refractivity contribution in [3.63, 3.8) is 0 Å². The molecule has 1 fully saturated rings. The van der Waals surface area contributed by atoms with Gasteiger partial charge >= 0.3 is 0 Å². The Hall–Kier alpha value is -3.47. The zero-order chi connectivity index (χ0) is 23.2. The first-order valence-corrected chi connectivity index (χ1v) is 11.3. The van der Waals surface area contributed by atoms with Crippen molar-refractivity contribution in [3.8, 4) is 6.07 Å². The van der Waals surface area contributed by atoms with Gasteiger partial charge in [-0.05, 0) is 37.1 Å². The minimum Gasteiger partial charge on any atom is -0.326 e. The highest BCUT2D eigenvalue weighted by Gasteiger charge is 2.23. The van der Waals surface area contributed by atoms with Crippen molar-refractivity contribution >= 4 is 11.7 Å². The summed E-state index contributed by atoms with van der Waals surface area (Å²) >= 11 is 0. The van der Waals surface area contributed by atoms with Gasteiger partial charge in [0.1, 0.15) is 11.9 Å². The second-order valence-corrected chi connectivity index (χ2v) is 8.54. The highest BCUT2D eigenvalue weighted by molar-refractivity contribution is 5.93. The summed E-state index contributed by atoms with van der Waals surface area (Å²) in [5, 5.41) is 12.8. The maximum atomic E-state index is 12.9. The van der Waals surface area contributed by atoms with Gasteiger partial charge in [-0.1, -0.05) is 36.4 Å². The summed E-state index contributed by atoms with van der Waals surface area (Å²) in [5.74, 6) is 0.506. The van der Waals surface area contributed by atoms with Gasteiger partial charge in [-0.3, -0.25) is 19.6 Å². The molecule has 3 aromatic rings. The van der Waals surface area contributed by atoms with E-state index in [1.807, 2.05) is 61.0 Å². The van der Waals surface area contributed by atoms with Crippen LogP contribution in [0, 0.1) is 25.2 Å². The monoisotopic (exact) mass is 442 g/mol. The second kappa shape index (κ2) is 10.4. The number of hydrogen-bond acceptors (Lipinski definition) is 5. The molecule has 0 radical (unpaired) electrons. The van der Waals surface area contributed by atoms with Crippen molar-refractivity contribution < 1.29 is 4.79 Å². The maximum Gasteiger partial charge on any atom is 0.239 e. The number of anilines is 1. The summed E-state index contributed by atoms with van der Waals surface area (Å²) in [4.78, 5) is 21.9. The number of nitriles is 1. The number of carbonyl (C=O) groups excluding carboxylic acids is 1. The molecule has 0 unspecified atom stereocenters. The normalized spacial score (nSPS) is 14.7. The Morgan fingerprint density at radius 2 is 1.70 bits per heavy atom. The average Bonchev–Trinajstić information content (AvgIpc) is 3.05. The lowest BCUT2D eigenvalue weighted by Crippen LogP contribution is -2.48. The molecule has 1 amide bonds. The number of benzene rings is 1. The first kappa shape index (κ1) is 22.7. The zero-order valence-electron chi connectivity index (χ0n) is 19.3. The number of amides is 1. The second-order valence-electron chi connectivity index (χ2n) is 8.54. The molecule has 0 spiro atoms. The fourth-order valence-electron chi connectivity index (χ4n) is 4.29. The van der Waals surface area contributed by atoms with Crippen molar-refractivity contribution in [2.45, 2.75) is 26.9 Å². The summed E-state index contributed by atoms with van der Waals surface area (Å²) in [6.07, 6.45) is 1.82. The third-order valence-corrected chi connectivity index (χ3v) is 6.33. The number of piperazine rings is 1. The van der Waals surface area contributed by atoms with E-state index < -0.39 is 0 Å². The van der Waals surface area contributed by atoms with E-state index in [4.69, 9.17) is 0 Å². The van der Waals surface area contributed by atoms with Crippen LogP contribution in [0.25, 0.3) is 0 Å². The van der Waals surface area contributed by atoms with Crippen LogP contribution in [0.4, 0.5) is 5.82 Å². The number of carbonyl (C=O) groups is 1. The van der Waals surface area contributed by atoms with Crippen LogP contribution >= 0.6 is 0 Å². The van der Waals surface area contributed by atoms with Gasteiger partial charge in [-0.15, -0.1) is 0 Å². The van der Waals surface area contributed by atoms with E-state index >= 15 is 0 Å². The van der Waals surface area contributed by atoms with E-state index in [0.717, 1.165) is 55.2 Å². The first-order valence-electron chi connectivity index (χ1n) is 11.3. The molecule has 33 heavy (non-hydrogen) atoms. The Labute approximate surface area is 195 Å². The molecule has 0 aliphatic carbocycles. The van der Waals surface area contributed by atoms with Crippen LogP contribution in [0.1, 0.15) is 28.1 Å². The molecule has 1 aliphatic heterocycles. The molecular formula is C26H30N6O. The molecule has 7 nitrogen and oxygen atoms in total. The van der Waals surface area contributed by atoms with E-state index in [1.165, 1.54) is 0 Å². The molecule has 2 aromatic heterocycles. The van der Waals surface area contributed by atoms with Gasteiger partial charge in [-0.2, -0.15) is 5.26 Å². The summed E-state index contributed by atoms with van der Waals surface area (Å²) < 4.78 is 2.03. The fraction of sp³-hybridized carbons (Fsp3) is 0.346. The number of pyridine rings is 1. The fourth-order valence-corrected chi connectivity index (χ4v) is 4.29. The highest BCUT2D eigenvalue weighted by atomic mass is 16.2. The molecule has 0 bridgehead atoms. The Kier molecular flexibility index (Phi) is 7.18. The molecule has 3 heterocycles. The number of nitrogens with zero attached hydrogens (tertiary/aromatic N) is 5. The van der Waals surface area contributed by atoms with E-state index in [0.29, 0.717) is 24.5 Å². The SMILES string of the molecule is Cc1c(C#N)c(NC(=O)CN2CCN(Cc3ccccn3)CC2)n(Cc2ccccc2)c1C. The molecular weight excluding hydrogens is 412 g/mol. The first-order chi connectivity index (χ1) is 16.0. The van der Waals surface area contributed by atoms with Crippen molar-refractivity contribution in [1.29, 1.82) is 5.26 Å². The molecule has 7 heteroatoms. The lowest BCUT2D eigenvalue weighted by atomic mass is 10.2. The van der Waals surface area contributed by atoms with E-state index in [9.17, 15) is 10.1 Å². The lowest BCUT2D eigenvalue weighted by Gasteiger charge is -2.34. The number of aromatic nitrogens is 2. The van der Waals surface area contributed by atoms with E-state index in [-0.39, 0.29) is 5.91 Å². The van der Waals surface area contributed by atoms with Crippen molar-refractivity contribution in [1.82, 2.24) is 19.4 Å². The third kappa shape index (κ3) is 5.48. The van der Waals surface area contributed by atoms with E-state index in [1.54, 1.807) is 0 Å². The molecule has 0 atom stereocenters. The van der Waals surface area contributed by atoms with Gasteiger partial charge < -0.3 is 9.88 Å². The van der Waals surface area contributed by atoms with Gasteiger partial charge in [0.2, 0.25) is 5.91 Å². The van der Waals surface area contributed by atoms with Crippen LogP contribution in [0.3, 0.4) is 0 Å². The predicted octanol–water partition coefficient (Wildman–Crippen LogP) is 3.18. The van der Waals surface area contributed by atoms with Gasteiger partial charge in [0.05, 0.1) is 17.8 Å². The standard InChI is InChI=1S/C26H30N6O/c1-20-21(2)32(17-22-8-4-3-5-9-22)26(24(20)16-27)29-25(33)19-31-14-12-30(13-15-31)18-23-10-6-7-11-28-23/h3-11H,12-15,17-19H2,1-2H3,(H,29,33). The van der Waals surface area contributed by atoms with Crippen molar-refractivity contribution in [2.24, 2.45) is 0 Å². The number of hydrogen-bond donors (Lipinski definition) is 1. The van der Waals surface area contributed by atoms with Gasteiger partial charge in [0.25, 0.3) is 0 Å². The van der Waals surface area contributed by atoms with Crippen LogP contribution in [-0.2, 0) is 17.9 Å². The molecule has 0 saturated carbocycles. The van der Waals surface area contributed by atoms with Crippen LogP contribution in [0.2, 0.25) is 0 Å². The quantitative estimate of drug-likeness (QED) is 0.608. The molecule has 1 aliphatic rings. The summed E-state index contributed by atoms with van der Waals surface area (Å²) in [6, 6.07) is 18.4. The average molecular weight is 443 g/mol. The molecule has 1 saturated heterocycles. The maximum absolute atomic E-state index is 12.9. The van der Waals surface area contributed by atoms with Gasteiger partial charge in [0, 0.05) is 51.2 Å². The number of nitrogens with one attached hydrogen (secondary N) is 1. The Morgan fingerprint density at radius 1 is 1.00 bits per heavy atom. The largest absolute Gasteiger partial charge is 0.326 e. The van der Waals surface area contributed by atoms with Crippen molar-refractivity contribution in [2.75, 3.05) is 38.0 Å². The summed E-state index contributed by atoms with van der Waals surface area (Å²) in [6.45, 7) is 9.14. The molecule has 1 N–H and O–H groups in total. The van der Waals surface area contributed by atoms with Crippen LogP contribution < -0.4 is 5.32 Å². The minimum atomic E-state index is -0.0866. The lowest BCUT2D eigenvalue weighted by molar-refractivity contribution is -0.117. The van der Waals surface area contributed by atoms with Gasteiger partial charge in [0.15, 0.2) is 0 Å². The van der Waals surface area contributed by atoms with Crippen LogP contribution in [-0.4, -0.2) is 58.0 Å². The summed E-state index contributed by atoms with van der Waals surface area (Å²) in [7, 11) is 0. The molecule has 1 aromatic carbocycles. The summed E-state index contributed by atoms with van der Waals surface area (Å²) in [5.41, 5.74) is 4.63. The topological polar surface area (TPSA) is 77.2 Å². The highest BCUT2D eigenvalue weighted by Crippen LogP contribution is 2.27. The Balaban J connectivity index is 1.38. The van der Waals surface area contributed by atoms with E-state index in [2.05, 4.69) is 38.3 Å². The molecule has 170 valence electrons. The predicted molar refractivity (Wildman–Crippen MR) is 129 cm³/mol. The Bertz CT molecular complexity index is 1130. The Morgan fingerprint density at radius 3 is 2.36 bits per heavy atom. The minimum absolute atomic E-state index is 0.0866. The zero-order valence-corrected chi connectivity index (χ0v) is 19.3. The smallest absolute Gasteiger partial charge is 0.239 e.